The summed E-state index contributed by atoms with van der Waals surface area (Å²) in [5.41, 5.74) is 4.01. The molecule has 1 heterocycles. The fraction of sp³-hybridized carbons (Fsp3) is 0.0500. The van der Waals surface area contributed by atoms with Crippen LogP contribution in [0.4, 0.5) is 5.69 Å². The number of amides is 1. The molecule has 0 saturated heterocycles. The van der Waals surface area contributed by atoms with Crippen molar-refractivity contribution in [2.45, 2.75) is 0 Å². The average molecular weight is 337 g/mol. The molecular weight excluding hydrogens is 320 g/mol. The summed E-state index contributed by atoms with van der Waals surface area (Å²) >= 11 is 5.91. The molecule has 1 N–H and O–H groups in total. The van der Waals surface area contributed by atoms with Crippen molar-refractivity contribution in [3.63, 3.8) is 0 Å². The molecular formula is C20H17ClN2O. The lowest BCUT2D eigenvalue weighted by atomic mass is 10.1. The molecule has 0 atom stereocenters. The van der Waals surface area contributed by atoms with E-state index >= 15 is 0 Å². The molecule has 2 aromatic carbocycles. The van der Waals surface area contributed by atoms with Gasteiger partial charge in [-0.25, -0.2) is 0 Å². The minimum Gasteiger partial charge on any atom is -0.350 e. The number of carbonyl (C=O) groups is 1. The van der Waals surface area contributed by atoms with E-state index in [9.17, 15) is 4.79 Å². The number of aromatic nitrogens is 1. The molecule has 0 spiro atoms. The first-order valence-electron chi connectivity index (χ1n) is 7.53. The maximum Gasteiger partial charge on any atom is 0.247 e. The summed E-state index contributed by atoms with van der Waals surface area (Å²) in [4.78, 5) is 11.5. The highest BCUT2D eigenvalue weighted by molar-refractivity contribution is 6.30. The first kappa shape index (κ1) is 16.1. The highest BCUT2D eigenvalue weighted by Gasteiger charge is 2.06. The first-order chi connectivity index (χ1) is 11.6. The minimum atomic E-state index is -0.219. The quantitative estimate of drug-likeness (QED) is 0.659. The normalized spacial score (nSPS) is 11.1. The summed E-state index contributed by atoms with van der Waals surface area (Å²) < 4.78 is 2.07. The van der Waals surface area contributed by atoms with Gasteiger partial charge in [-0.15, -0.1) is 0 Å². The predicted octanol–water partition coefficient (Wildman–Crippen LogP) is 5.13. The van der Waals surface area contributed by atoms with Gasteiger partial charge in [-0.05, 0) is 42.0 Å². The lowest BCUT2D eigenvalue weighted by Gasteiger charge is -2.03. The van der Waals surface area contributed by atoms with Gasteiger partial charge in [-0.3, -0.25) is 4.79 Å². The Labute approximate surface area is 145 Å². The van der Waals surface area contributed by atoms with Gasteiger partial charge < -0.3 is 9.88 Å². The molecule has 24 heavy (non-hydrogen) atoms. The topological polar surface area (TPSA) is 34.0 Å². The van der Waals surface area contributed by atoms with E-state index in [0.29, 0.717) is 0 Å². The van der Waals surface area contributed by atoms with Crippen LogP contribution < -0.4 is 5.32 Å². The van der Waals surface area contributed by atoms with E-state index < -0.39 is 0 Å². The van der Waals surface area contributed by atoms with Crippen LogP contribution in [0.2, 0.25) is 5.02 Å². The van der Waals surface area contributed by atoms with Crippen LogP contribution in [0.15, 0.2) is 61.3 Å². The Bertz CT molecular complexity index is 936. The zero-order valence-corrected chi connectivity index (χ0v) is 14.0. The Morgan fingerprint density at radius 3 is 2.62 bits per heavy atom. The molecule has 0 aliphatic heterocycles. The summed E-state index contributed by atoms with van der Waals surface area (Å²) in [6.07, 6.45) is 7.43. The highest BCUT2D eigenvalue weighted by Crippen LogP contribution is 2.26. The number of rotatable bonds is 4. The number of nitrogens with one attached hydrogen (secondary N) is 1. The number of hydrogen-bond donors (Lipinski definition) is 1. The maximum atomic E-state index is 11.5. The molecule has 3 aromatic rings. The van der Waals surface area contributed by atoms with Crippen LogP contribution in [-0.2, 0) is 11.8 Å². The van der Waals surface area contributed by atoms with Crippen molar-refractivity contribution in [3.8, 4) is 0 Å². The fourth-order valence-electron chi connectivity index (χ4n) is 2.59. The smallest absolute Gasteiger partial charge is 0.247 e. The van der Waals surface area contributed by atoms with E-state index in [4.69, 9.17) is 11.6 Å². The first-order valence-corrected chi connectivity index (χ1v) is 7.91. The molecule has 1 aromatic heterocycles. The average Bonchev–Trinajstić information content (AvgIpc) is 2.90. The monoisotopic (exact) mass is 336 g/mol. The fourth-order valence-corrected chi connectivity index (χ4v) is 2.71. The van der Waals surface area contributed by atoms with Crippen molar-refractivity contribution in [1.82, 2.24) is 4.57 Å². The van der Waals surface area contributed by atoms with Gasteiger partial charge in [0.2, 0.25) is 5.91 Å². The van der Waals surface area contributed by atoms with Crippen LogP contribution >= 0.6 is 11.6 Å². The number of aryl methyl sites for hydroxylation is 1. The molecule has 0 aliphatic rings. The molecule has 0 aliphatic carbocycles. The van der Waals surface area contributed by atoms with E-state index in [1.54, 1.807) is 0 Å². The zero-order chi connectivity index (χ0) is 17.1. The maximum absolute atomic E-state index is 11.5. The SMILES string of the molecule is C=CC(=O)Nc1ccc2c(c1)c(/C=C/c1ccc(Cl)cc1)cn2C. The van der Waals surface area contributed by atoms with Gasteiger partial charge >= 0.3 is 0 Å². The van der Waals surface area contributed by atoms with Crippen molar-refractivity contribution in [3.05, 3.63) is 77.5 Å². The second-order valence-electron chi connectivity index (χ2n) is 5.51. The van der Waals surface area contributed by atoms with Crippen LogP contribution in [0, 0.1) is 0 Å². The van der Waals surface area contributed by atoms with Crippen molar-refractivity contribution in [2.75, 3.05) is 5.32 Å². The number of nitrogens with zero attached hydrogens (tertiary/aromatic N) is 1. The van der Waals surface area contributed by atoms with Gasteiger partial charge in [0.05, 0.1) is 0 Å². The highest BCUT2D eigenvalue weighted by atomic mass is 35.5. The zero-order valence-electron chi connectivity index (χ0n) is 13.3. The number of halogens is 1. The number of benzene rings is 2. The Morgan fingerprint density at radius 1 is 1.17 bits per heavy atom. The van der Waals surface area contributed by atoms with Crippen LogP contribution in [0.5, 0.6) is 0 Å². The molecule has 0 unspecified atom stereocenters. The molecule has 1 amide bonds. The van der Waals surface area contributed by atoms with E-state index in [-0.39, 0.29) is 5.91 Å². The van der Waals surface area contributed by atoms with Crippen LogP contribution in [-0.4, -0.2) is 10.5 Å². The standard InChI is InChI=1S/C20H17ClN2O/c1-3-20(24)22-17-10-11-19-18(12-17)15(13-23(19)2)7-4-14-5-8-16(21)9-6-14/h3-13H,1H2,2H3,(H,22,24)/b7-4+. The lowest BCUT2D eigenvalue weighted by molar-refractivity contribution is -0.111. The molecule has 0 saturated carbocycles. The van der Waals surface area contributed by atoms with Gasteiger partial charge in [0.1, 0.15) is 0 Å². The number of carbonyl (C=O) groups excluding carboxylic acids is 1. The van der Waals surface area contributed by atoms with Gasteiger partial charge in [0.25, 0.3) is 0 Å². The lowest BCUT2D eigenvalue weighted by Crippen LogP contribution is -2.06. The van der Waals surface area contributed by atoms with E-state index in [0.717, 1.165) is 32.7 Å². The Hall–Kier alpha value is -2.78. The number of hydrogen-bond acceptors (Lipinski definition) is 1. The predicted molar refractivity (Wildman–Crippen MR) is 102 cm³/mol. The van der Waals surface area contributed by atoms with E-state index in [1.165, 1.54) is 6.08 Å². The van der Waals surface area contributed by atoms with Gasteiger partial charge in [0, 0.05) is 40.4 Å². The third kappa shape index (κ3) is 3.42. The van der Waals surface area contributed by atoms with Crippen LogP contribution in [0.3, 0.4) is 0 Å². The molecule has 0 bridgehead atoms. The third-order valence-electron chi connectivity index (χ3n) is 3.80. The van der Waals surface area contributed by atoms with E-state index in [2.05, 4.69) is 28.7 Å². The molecule has 4 heteroatoms. The molecule has 3 rings (SSSR count). The Balaban J connectivity index is 1.97. The van der Waals surface area contributed by atoms with Crippen molar-refractivity contribution >= 4 is 46.3 Å². The van der Waals surface area contributed by atoms with Gasteiger partial charge in [-0.1, -0.05) is 42.5 Å². The summed E-state index contributed by atoms with van der Waals surface area (Å²) in [5.74, 6) is -0.219. The summed E-state index contributed by atoms with van der Waals surface area (Å²) in [6.45, 7) is 3.47. The molecule has 0 radical (unpaired) electrons. The van der Waals surface area contributed by atoms with Crippen molar-refractivity contribution in [1.29, 1.82) is 0 Å². The van der Waals surface area contributed by atoms with Crippen LogP contribution in [0.25, 0.3) is 23.1 Å². The number of fused-ring (bicyclic) bond motifs is 1. The Morgan fingerprint density at radius 2 is 1.92 bits per heavy atom. The largest absolute Gasteiger partial charge is 0.350 e. The van der Waals surface area contributed by atoms with Crippen molar-refractivity contribution < 1.29 is 4.79 Å². The minimum absolute atomic E-state index is 0.219. The van der Waals surface area contributed by atoms with Gasteiger partial charge in [-0.2, -0.15) is 0 Å². The number of anilines is 1. The van der Waals surface area contributed by atoms with Crippen LogP contribution in [0.1, 0.15) is 11.1 Å². The second kappa shape index (κ2) is 6.77. The summed E-state index contributed by atoms with van der Waals surface area (Å²) in [6, 6.07) is 13.5. The Kier molecular flexibility index (Phi) is 4.54. The van der Waals surface area contributed by atoms with Gasteiger partial charge in [0.15, 0.2) is 0 Å². The molecule has 120 valence electrons. The molecule has 3 nitrogen and oxygen atoms in total. The summed E-state index contributed by atoms with van der Waals surface area (Å²) in [7, 11) is 2.00. The van der Waals surface area contributed by atoms with Crippen molar-refractivity contribution in [2.24, 2.45) is 7.05 Å². The third-order valence-corrected chi connectivity index (χ3v) is 4.05. The van der Waals surface area contributed by atoms with E-state index in [1.807, 2.05) is 55.6 Å². The molecule has 0 fully saturated rings. The summed E-state index contributed by atoms with van der Waals surface area (Å²) in [5, 5.41) is 4.59. The second-order valence-corrected chi connectivity index (χ2v) is 5.94.